The highest BCUT2D eigenvalue weighted by Crippen LogP contribution is 2.37. The number of aromatic nitrogens is 1. The Morgan fingerprint density at radius 1 is 1.04 bits per heavy atom. The molecule has 0 aliphatic rings. The first-order chi connectivity index (χ1) is 12.6. The highest BCUT2D eigenvalue weighted by molar-refractivity contribution is 8.03. The zero-order chi connectivity index (χ0) is 18.5. The maximum atomic E-state index is 9.92. The third-order valence-corrected chi connectivity index (χ3v) is 5.26. The van der Waals surface area contributed by atoms with Gasteiger partial charge in [0.2, 0.25) is 0 Å². The van der Waals surface area contributed by atoms with Gasteiger partial charge < -0.3 is 16.0 Å². The first-order valence-electron chi connectivity index (χ1n) is 8.20. The number of benzene rings is 2. The van der Waals surface area contributed by atoms with Crippen molar-refractivity contribution >= 4 is 17.4 Å². The highest BCUT2D eigenvalue weighted by Gasteiger charge is 2.24. The molecule has 1 atom stereocenters. The minimum Gasteiger partial charge on any atom is -0.398 e. The van der Waals surface area contributed by atoms with E-state index in [0.29, 0.717) is 16.3 Å². The Kier molecular flexibility index (Phi) is 5.35. The second kappa shape index (κ2) is 7.85. The first kappa shape index (κ1) is 17.7. The van der Waals surface area contributed by atoms with Crippen molar-refractivity contribution < 1.29 is 0 Å². The predicted octanol–water partition coefficient (Wildman–Crippen LogP) is 4.23. The molecule has 0 fully saturated rings. The molecule has 0 bridgehead atoms. The van der Waals surface area contributed by atoms with Crippen molar-refractivity contribution in [2.75, 3.05) is 5.73 Å². The smallest absolute Gasteiger partial charge is 0.0985 e. The predicted molar refractivity (Wildman–Crippen MR) is 107 cm³/mol. The Morgan fingerprint density at radius 2 is 1.73 bits per heavy atom. The van der Waals surface area contributed by atoms with E-state index in [0.717, 1.165) is 16.2 Å². The first-order valence-corrected chi connectivity index (χ1v) is 9.01. The quantitative estimate of drug-likeness (QED) is 0.405. The van der Waals surface area contributed by atoms with Crippen LogP contribution >= 0.6 is 11.8 Å². The summed E-state index contributed by atoms with van der Waals surface area (Å²) in [6, 6.07) is 23.8. The molecule has 0 amide bonds. The summed E-state index contributed by atoms with van der Waals surface area (Å²) in [4.78, 5) is 0.844. The lowest BCUT2D eigenvalue weighted by atomic mass is 9.89. The largest absolute Gasteiger partial charge is 0.398 e. The monoisotopic (exact) mass is 360 g/mol. The number of hydrogen-bond acceptors (Lipinski definition) is 4. The molecule has 5 heteroatoms. The second-order valence-electron chi connectivity index (χ2n) is 5.92. The number of rotatable bonds is 5. The maximum Gasteiger partial charge on any atom is 0.0985 e. The fraction of sp³-hybridized carbons (Fsp3) is 0.0952. The van der Waals surface area contributed by atoms with Gasteiger partial charge in [0.05, 0.1) is 22.6 Å². The molecule has 1 heterocycles. The summed E-state index contributed by atoms with van der Waals surface area (Å²) >= 11 is 1.33. The molecule has 26 heavy (non-hydrogen) atoms. The molecular weight excluding hydrogens is 340 g/mol. The molecule has 4 nitrogen and oxygen atoms in total. The molecule has 3 aromatic rings. The molecular formula is C21H20N4S. The molecule has 1 aromatic heterocycles. The van der Waals surface area contributed by atoms with Crippen LogP contribution in [-0.4, -0.2) is 4.57 Å². The van der Waals surface area contributed by atoms with Crippen molar-refractivity contribution in [3.63, 3.8) is 0 Å². The lowest BCUT2D eigenvalue weighted by Gasteiger charge is -2.20. The molecule has 0 aliphatic carbocycles. The Labute approximate surface area is 157 Å². The number of hydrogen-bond donors (Lipinski definition) is 2. The average Bonchev–Trinajstić information content (AvgIpc) is 3.07. The third-order valence-electron chi connectivity index (χ3n) is 4.23. The number of nitrogens with two attached hydrogens (primary N) is 2. The van der Waals surface area contributed by atoms with Gasteiger partial charge in [-0.25, -0.2) is 0 Å². The molecule has 0 aliphatic heterocycles. The van der Waals surface area contributed by atoms with E-state index < -0.39 is 0 Å². The van der Waals surface area contributed by atoms with Gasteiger partial charge in [0.15, 0.2) is 0 Å². The Hall–Kier alpha value is -3.10. The fourth-order valence-corrected chi connectivity index (χ4v) is 3.76. The molecule has 2 aromatic carbocycles. The minimum absolute atomic E-state index is 0.237. The highest BCUT2D eigenvalue weighted by atomic mass is 32.2. The number of thioether (sulfide) groups is 1. The van der Waals surface area contributed by atoms with Gasteiger partial charge in [-0.15, -0.1) is 0 Å². The van der Waals surface area contributed by atoms with Crippen LogP contribution in [0.4, 0.5) is 5.69 Å². The van der Waals surface area contributed by atoms with Crippen LogP contribution in [0.1, 0.15) is 17.2 Å². The number of nitrogen functional groups attached to an aromatic ring is 1. The SMILES string of the molecule is Cn1cccc1C(/C(C#N)=C(/N)Sc1ccccc1N)c1ccccc1. The molecule has 3 rings (SSSR count). The van der Waals surface area contributed by atoms with Gasteiger partial charge in [-0.1, -0.05) is 54.2 Å². The average molecular weight is 360 g/mol. The van der Waals surface area contributed by atoms with Gasteiger partial charge >= 0.3 is 0 Å². The summed E-state index contributed by atoms with van der Waals surface area (Å²) in [5.41, 5.74) is 15.6. The number of nitriles is 1. The van der Waals surface area contributed by atoms with E-state index in [4.69, 9.17) is 11.5 Å². The van der Waals surface area contributed by atoms with E-state index in [-0.39, 0.29) is 5.92 Å². The molecule has 4 N–H and O–H groups in total. The zero-order valence-corrected chi connectivity index (χ0v) is 15.3. The summed E-state index contributed by atoms with van der Waals surface area (Å²) in [6.45, 7) is 0. The Morgan fingerprint density at radius 3 is 2.35 bits per heavy atom. The van der Waals surface area contributed by atoms with E-state index in [9.17, 15) is 5.26 Å². The summed E-state index contributed by atoms with van der Waals surface area (Å²) in [7, 11) is 1.97. The van der Waals surface area contributed by atoms with Gasteiger partial charge in [-0.05, 0) is 29.8 Å². The minimum atomic E-state index is -0.237. The lowest BCUT2D eigenvalue weighted by molar-refractivity contribution is 0.793. The van der Waals surface area contributed by atoms with Gasteiger partial charge in [-0.3, -0.25) is 0 Å². The number of nitrogens with zero attached hydrogens (tertiary/aromatic N) is 2. The molecule has 0 radical (unpaired) electrons. The number of para-hydroxylation sites is 1. The van der Waals surface area contributed by atoms with Gasteiger partial charge in [-0.2, -0.15) is 5.26 Å². The van der Waals surface area contributed by atoms with Crippen molar-refractivity contribution in [3.05, 3.63) is 94.8 Å². The standard InChI is InChI=1S/C21H20N4S/c1-25-13-7-11-18(25)20(15-8-3-2-4-9-15)16(14-22)21(24)26-19-12-6-5-10-17(19)23/h2-13,20H,23-24H2,1H3/b21-16-. The number of anilines is 1. The van der Waals surface area contributed by atoms with Gasteiger partial charge in [0.25, 0.3) is 0 Å². The normalized spacial score (nSPS) is 12.9. The molecule has 0 saturated carbocycles. The maximum absolute atomic E-state index is 9.92. The summed E-state index contributed by atoms with van der Waals surface area (Å²) in [5.74, 6) is -0.237. The zero-order valence-electron chi connectivity index (χ0n) is 14.5. The van der Waals surface area contributed by atoms with Crippen molar-refractivity contribution in [2.45, 2.75) is 10.8 Å². The van der Waals surface area contributed by atoms with Crippen LogP contribution in [0.25, 0.3) is 0 Å². The van der Waals surface area contributed by atoms with Crippen LogP contribution < -0.4 is 11.5 Å². The van der Waals surface area contributed by atoms with Gasteiger partial charge in [0, 0.05) is 29.5 Å². The van der Waals surface area contributed by atoms with Crippen molar-refractivity contribution in [1.29, 1.82) is 5.26 Å². The van der Waals surface area contributed by atoms with Crippen LogP contribution in [0.2, 0.25) is 0 Å². The summed E-state index contributed by atoms with van der Waals surface area (Å²) in [5, 5.41) is 10.4. The molecule has 130 valence electrons. The molecule has 0 spiro atoms. The third kappa shape index (κ3) is 3.61. The Balaban J connectivity index is 2.10. The fourth-order valence-electron chi connectivity index (χ4n) is 2.91. The second-order valence-corrected chi connectivity index (χ2v) is 7.00. The van der Waals surface area contributed by atoms with Gasteiger partial charge in [0.1, 0.15) is 0 Å². The molecule has 1 unspecified atom stereocenters. The van der Waals surface area contributed by atoms with Crippen molar-refractivity contribution in [2.24, 2.45) is 12.8 Å². The van der Waals surface area contributed by atoms with E-state index in [1.807, 2.05) is 84.5 Å². The van der Waals surface area contributed by atoms with E-state index >= 15 is 0 Å². The summed E-state index contributed by atoms with van der Waals surface area (Å²) in [6.07, 6.45) is 1.97. The summed E-state index contributed by atoms with van der Waals surface area (Å²) < 4.78 is 2.02. The van der Waals surface area contributed by atoms with Crippen molar-refractivity contribution in [1.82, 2.24) is 4.57 Å². The number of aryl methyl sites for hydroxylation is 1. The van der Waals surface area contributed by atoms with Crippen LogP contribution in [0, 0.1) is 11.3 Å². The Bertz CT molecular complexity index is 967. The van der Waals surface area contributed by atoms with E-state index in [1.165, 1.54) is 11.8 Å². The number of allylic oxidation sites excluding steroid dienone is 1. The van der Waals surface area contributed by atoms with Crippen LogP contribution in [-0.2, 0) is 7.05 Å². The molecule has 0 saturated heterocycles. The topological polar surface area (TPSA) is 80.8 Å². The van der Waals surface area contributed by atoms with Crippen LogP contribution in [0.15, 0.2) is 88.4 Å². The van der Waals surface area contributed by atoms with Crippen LogP contribution in [0.5, 0.6) is 0 Å². The van der Waals surface area contributed by atoms with E-state index in [2.05, 4.69) is 6.07 Å². The lowest BCUT2D eigenvalue weighted by Crippen LogP contribution is -2.12. The van der Waals surface area contributed by atoms with Crippen LogP contribution in [0.3, 0.4) is 0 Å². The van der Waals surface area contributed by atoms with E-state index in [1.54, 1.807) is 0 Å². The van der Waals surface area contributed by atoms with Crippen molar-refractivity contribution in [3.8, 4) is 6.07 Å².